The lowest BCUT2D eigenvalue weighted by Crippen LogP contribution is -2.59. The lowest BCUT2D eigenvalue weighted by Gasteiger charge is -2.31. The largest absolute Gasteiger partial charge is 0.460 e. The number of nitrogens with two attached hydrogens (primary N) is 1. The second kappa shape index (κ2) is 18.1. The van der Waals surface area contributed by atoms with Crippen LogP contribution in [0.3, 0.4) is 0 Å². The minimum Gasteiger partial charge on any atom is -0.460 e. The molecule has 0 unspecified atom stereocenters. The Bertz CT molecular complexity index is 1650. The average Bonchev–Trinajstić information content (AvgIpc) is 3.69. The van der Waals surface area contributed by atoms with Crippen LogP contribution in [0.5, 0.6) is 0 Å². The summed E-state index contributed by atoms with van der Waals surface area (Å²) in [6.45, 7) is 12.1. The number of ether oxygens (including phenoxy) is 1. The van der Waals surface area contributed by atoms with Crippen molar-refractivity contribution in [3.63, 3.8) is 0 Å². The van der Waals surface area contributed by atoms with Gasteiger partial charge in [-0.3, -0.25) is 28.8 Å². The van der Waals surface area contributed by atoms with Gasteiger partial charge in [-0.25, -0.2) is 0 Å². The van der Waals surface area contributed by atoms with Crippen LogP contribution in [0.2, 0.25) is 0 Å². The number of carbonyl (C=O) groups is 6. The zero-order valence-corrected chi connectivity index (χ0v) is 30.9. The van der Waals surface area contributed by atoms with E-state index in [2.05, 4.69) is 31.0 Å². The zero-order chi connectivity index (χ0) is 38.0. The molecule has 5 amide bonds. The first-order valence-corrected chi connectivity index (χ1v) is 18.0. The van der Waals surface area contributed by atoms with Crippen molar-refractivity contribution in [3.8, 4) is 0 Å². The Labute approximate surface area is 301 Å². The maximum Gasteiger partial charge on any atom is 0.308 e. The van der Waals surface area contributed by atoms with Crippen molar-refractivity contribution in [1.82, 2.24) is 25.8 Å². The molecule has 278 valence electrons. The Balaban J connectivity index is 1.79. The van der Waals surface area contributed by atoms with Gasteiger partial charge in [0.1, 0.15) is 23.7 Å². The Morgan fingerprint density at radius 1 is 1.06 bits per heavy atom. The summed E-state index contributed by atoms with van der Waals surface area (Å²) in [6.07, 6.45) is 1.61. The van der Waals surface area contributed by atoms with E-state index in [1.54, 1.807) is 40.8 Å². The van der Waals surface area contributed by atoms with Crippen molar-refractivity contribution in [2.24, 2.45) is 22.7 Å². The predicted molar refractivity (Wildman–Crippen MR) is 193 cm³/mol. The van der Waals surface area contributed by atoms with E-state index in [4.69, 9.17) is 16.0 Å². The first-order valence-electron chi connectivity index (χ1n) is 16.8. The van der Waals surface area contributed by atoms with Crippen LogP contribution >= 0.6 is 11.8 Å². The molecule has 0 radical (unpaired) electrons. The van der Waals surface area contributed by atoms with Crippen molar-refractivity contribution in [3.05, 3.63) is 46.5 Å². The van der Waals surface area contributed by atoms with Gasteiger partial charge in [0.2, 0.25) is 29.5 Å². The second-order valence-electron chi connectivity index (χ2n) is 14.3. The number of esters is 1. The topological polar surface area (TPSA) is 242 Å². The number of aromatic amines is 1. The first kappa shape index (κ1) is 40.8. The van der Waals surface area contributed by atoms with Crippen LogP contribution in [-0.2, 0) is 39.9 Å². The highest BCUT2D eigenvalue weighted by Gasteiger charge is 2.41. The number of fused-ring (bicyclic) bond motifs is 1. The van der Waals surface area contributed by atoms with Crippen LogP contribution < -0.4 is 21.7 Å². The van der Waals surface area contributed by atoms with Crippen LogP contribution in [0.4, 0.5) is 0 Å². The summed E-state index contributed by atoms with van der Waals surface area (Å²) in [7, 11) is 0. The van der Waals surface area contributed by atoms with E-state index in [9.17, 15) is 28.8 Å². The molecule has 17 heteroatoms. The van der Waals surface area contributed by atoms with Gasteiger partial charge in [-0.1, -0.05) is 45.9 Å². The van der Waals surface area contributed by atoms with Crippen molar-refractivity contribution in [2.75, 3.05) is 11.6 Å². The van der Waals surface area contributed by atoms with E-state index in [0.717, 1.165) is 16.5 Å². The van der Waals surface area contributed by atoms with E-state index in [1.165, 1.54) is 16.7 Å². The average molecular weight is 728 g/mol. The summed E-state index contributed by atoms with van der Waals surface area (Å²) >= 11 is 1.29. The quantitative estimate of drug-likeness (QED) is 0.0783. The fourth-order valence-corrected chi connectivity index (χ4v) is 6.75. The molecule has 0 saturated carbocycles. The molecule has 51 heavy (non-hydrogen) atoms. The third kappa shape index (κ3) is 11.7. The normalized spacial score (nSPS) is 16.9. The highest BCUT2D eigenvalue weighted by atomic mass is 32.2. The summed E-state index contributed by atoms with van der Waals surface area (Å²) in [5.41, 5.74) is 15.9. The maximum absolute atomic E-state index is 14.1. The van der Waals surface area contributed by atoms with E-state index >= 15 is 0 Å². The number of H-pyrrole nitrogens is 1. The standard InChI is InChI=1S/C34H49N9O7S/c1-18(2)12-24(30(46)41-42-36)38-32(48)28(19(3)4)40-31(47)26-16-51-17-43(26)33(49)25(14-27(44)50-34(5,6)7)39-29(45)22(35)13-20-15-37-23-11-9-8-10-21(20)23/h8-11,15,18-19,22,24-26,28,37H,12-14,16-17,35H2,1-7H3,(H,38,48)(H,39,45)(H,40,47)/t22-,24+,25-,26+,28-/m1/s1. The Morgan fingerprint density at radius 3 is 2.35 bits per heavy atom. The summed E-state index contributed by atoms with van der Waals surface area (Å²) in [4.78, 5) is 86.8. The minimum absolute atomic E-state index is 0.0208. The van der Waals surface area contributed by atoms with Gasteiger partial charge in [0, 0.05) is 27.8 Å². The first-order chi connectivity index (χ1) is 23.9. The SMILES string of the molecule is CC(C)C[C@H](NC(=O)[C@H](NC(=O)[C@@H]1CSCN1C(=O)[C@@H](CC(=O)OC(C)(C)C)NC(=O)[C@H](N)Cc1c[nH]c2ccccc12)C(C)C)C(=O)N=[N+]=[N-]. The lowest BCUT2D eigenvalue weighted by atomic mass is 9.99. The number of thioether (sulfide) groups is 1. The molecule has 16 nitrogen and oxygen atoms in total. The highest BCUT2D eigenvalue weighted by Crippen LogP contribution is 2.24. The van der Waals surface area contributed by atoms with Gasteiger partial charge in [-0.15, -0.1) is 11.8 Å². The van der Waals surface area contributed by atoms with E-state index in [-0.39, 0.29) is 30.4 Å². The zero-order valence-electron chi connectivity index (χ0n) is 30.1. The second-order valence-corrected chi connectivity index (χ2v) is 15.3. The van der Waals surface area contributed by atoms with Gasteiger partial charge >= 0.3 is 5.97 Å². The van der Waals surface area contributed by atoms with Crippen LogP contribution in [0.25, 0.3) is 21.3 Å². The summed E-state index contributed by atoms with van der Waals surface area (Å²) in [6, 6.07) is 1.83. The summed E-state index contributed by atoms with van der Waals surface area (Å²) in [5.74, 6) is -4.43. The molecule has 0 aliphatic carbocycles. The van der Waals surface area contributed by atoms with Crippen molar-refractivity contribution < 1.29 is 33.5 Å². The molecule has 1 fully saturated rings. The molecule has 1 aromatic carbocycles. The molecule has 1 aliphatic heterocycles. The number of nitrogens with one attached hydrogen (secondary N) is 4. The van der Waals surface area contributed by atoms with Gasteiger partial charge in [-0.05, 0) is 67.7 Å². The lowest BCUT2D eigenvalue weighted by molar-refractivity contribution is -0.157. The molecule has 3 rings (SSSR count). The number of carbonyl (C=O) groups excluding carboxylic acids is 6. The van der Waals surface area contributed by atoms with Crippen molar-refractivity contribution in [2.45, 2.75) is 104 Å². The van der Waals surface area contributed by atoms with Gasteiger partial charge < -0.3 is 36.3 Å². The number of nitrogens with zero attached hydrogens (tertiary/aromatic N) is 4. The van der Waals surface area contributed by atoms with Gasteiger partial charge in [0.25, 0.3) is 0 Å². The van der Waals surface area contributed by atoms with Crippen LogP contribution in [0.15, 0.2) is 35.6 Å². The predicted octanol–water partition coefficient (Wildman–Crippen LogP) is 2.66. The molecule has 5 atom stereocenters. The van der Waals surface area contributed by atoms with Gasteiger partial charge in [0.05, 0.1) is 24.4 Å². The van der Waals surface area contributed by atoms with Crippen molar-refractivity contribution in [1.29, 1.82) is 0 Å². The van der Waals surface area contributed by atoms with Gasteiger partial charge in [0.15, 0.2) is 0 Å². The minimum atomic E-state index is -1.40. The third-order valence-corrected chi connectivity index (χ3v) is 9.05. The highest BCUT2D eigenvalue weighted by molar-refractivity contribution is 7.99. The number of rotatable bonds is 15. The molecule has 1 aliphatic rings. The summed E-state index contributed by atoms with van der Waals surface area (Å²) < 4.78 is 5.45. The molecule has 6 N–H and O–H groups in total. The van der Waals surface area contributed by atoms with Crippen molar-refractivity contribution >= 4 is 58.2 Å². The van der Waals surface area contributed by atoms with Gasteiger partial charge in [-0.2, -0.15) is 0 Å². The fraction of sp³-hybridized carbons (Fsp3) is 0.588. The van der Waals surface area contributed by atoms with Crippen LogP contribution in [0, 0.1) is 11.8 Å². The molecule has 1 aromatic heterocycles. The number of para-hydroxylation sites is 1. The Morgan fingerprint density at radius 2 is 1.73 bits per heavy atom. The number of amides is 5. The number of benzene rings is 1. The van der Waals surface area contributed by atoms with Crippen LogP contribution in [0.1, 0.15) is 66.9 Å². The molecule has 0 spiro atoms. The molecular formula is C34H49N9O7S. The van der Waals surface area contributed by atoms with E-state index in [1.807, 2.05) is 38.1 Å². The molecule has 2 heterocycles. The number of hydrogen-bond donors (Lipinski definition) is 5. The van der Waals surface area contributed by atoms with E-state index in [0.29, 0.717) is 0 Å². The Kier molecular flexibility index (Phi) is 14.5. The number of aromatic nitrogens is 1. The molecule has 0 bridgehead atoms. The number of azide groups is 1. The fourth-order valence-electron chi connectivity index (χ4n) is 5.59. The molecule has 2 aromatic rings. The third-order valence-electron chi connectivity index (χ3n) is 8.04. The van der Waals surface area contributed by atoms with Crippen LogP contribution in [-0.4, -0.2) is 92.8 Å². The summed E-state index contributed by atoms with van der Waals surface area (Å²) in [5, 5.41) is 12.0. The maximum atomic E-state index is 14.1. The molecule has 1 saturated heterocycles. The smallest absolute Gasteiger partial charge is 0.308 e. The van der Waals surface area contributed by atoms with E-state index < -0.39 is 83.7 Å². The molecular weight excluding hydrogens is 678 g/mol. The monoisotopic (exact) mass is 727 g/mol. The number of hydrogen-bond acceptors (Lipinski definition) is 9. The Hall–Kier alpha value is -4.60.